The van der Waals surface area contributed by atoms with Crippen molar-refractivity contribution in [3.63, 3.8) is 0 Å². The molecule has 0 unspecified atom stereocenters. The monoisotopic (exact) mass is 360 g/mol. The van der Waals surface area contributed by atoms with Gasteiger partial charge in [0.2, 0.25) is 0 Å². The second-order valence-electron chi connectivity index (χ2n) is 5.97. The molecule has 0 aliphatic carbocycles. The number of hydrogen-bond donors (Lipinski definition) is 2. The van der Waals surface area contributed by atoms with Gasteiger partial charge in [-0.3, -0.25) is 5.41 Å². The largest absolute Gasteiger partial charge is 0.489 e. The van der Waals surface area contributed by atoms with Crippen molar-refractivity contribution < 1.29 is 14.3 Å². The molecule has 0 atom stereocenters. The maximum atomic E-state index is 11.5. The number of rotatable bonds is 6. The summed E-state index contributed by atoms with van der Waals surface area (Å²) in [7, 11) is 1.24. The van der Waals surface area contributed by atoms with Gasteiger partial charge in [-0.25, -0.2) is 4.79 Å². The van der Waals surface area contributed by atoms with Crippen molar-refractivity contribution in [2.75, 3.05) is 12.8 Å². The Morgan fingerprint density at radius 2 is 1.63 bits per heavy atom. The van der Waals surface area contributed by atoms with Crippen molar-refractivity contribution in [3.05, 3.63) is 83.9 Å². The number of anilines is 1. The van der Waals surface area contributed by atoms with E-state index in [1.807, 2.05) is 60.7 Å². The summed E-state index contributed by atoms with van der Waals surface area (Å²) in [6.45, 7) is 0.511. The van der Waals surface area contributed by atoms with Gasteiger partial charge in [-0.2, -0.15) is 0 Å². The first-order chi connectivity index (χ1) is 13.1. The van der Waals surface area contributed by atoms with Gasteiger partial charge in [-0.15, -0.1) is 0 Å². The average Bonchev–Trinajstić information content (AvgIpc) is 2.72. The Morgan fingerprint density at radius 3 is 2.26 bits per heavy atom. The molecule has 0 saturated heterocycles. The highest BCUT2D eigenvalue weighted by Gasteiger charge is 2.15. The van der Waals surface area contributed by atoms with Crippen molar-refractivity contribution in [1.82, 2.24) is 0 Å². The van der Waals surface area contributed by atoms with Gasteiger partial charge in [-0.05, 0) is 41.0 Å². The van der Waals surface area contributed by atoms with Crippen LogP contribution in [-0.2, 0) is 16.1 Å². The molecule has 3 aromatic rings. The highest BCUT2D eigenvalue weighted by atomic mass is 16.5. The van der Waals surface area contributed by atoms with E-state index in [4.69, 9.17) is 15.9 Å². The predicted molar refractivity (Wildman–Crippen MR) is 106 cm³/mol. The summed E-state index contributed by atoms with van der Waals surface area (Å²) in [6.07, 6.45) is 0. The minimum absolute atomic E-state index is 0.258. The van der Waals surface area contributed by atoms with Gasteiger partial charge in [0.05, 0.1) is 7.11 Å². The summed E-state index contributed by atoms with van der Waals surface area (Å²) in [4.78, 5) is 11.5. The Kier molecular flexibility index (Phi) is 5.52. The molecule has 0 amide bonds. The average molecular weight is 360 g/mol. The number of benzene rings is 3. The molecule has 136 valence electrons. The predicted octanol–water partition coefficient (Wildman–Crippen LogP) is 4.06. The van der Waals surface area contributed by atoms with E-state index in [1.54, 1.807) is 12.1 Å². The number of hydrogen-bond acceptors (Lipinski definition) is 5. The fraction of sp³-hybridized carbons (Fsp3) is 0.0909. The molecule has 0 aliphatic rings. The summed E-state index contributed by atoms with van der Waals surface area (Å²) in [6, 6.07) is 22.9. The lowest BCUT2D eigenvalue weighted by atomic mass is 10.00. The summed E-state index contributed by atoms with van der Waals surface area (Å²) in [5.74, 6) is 0.0639. The molecule has 0 aliphatic heterocycles. The molecule has 0 aromatic heterocycles. The van der Waals surface area contributed by atoms with E-state index in [0.29, 0.717) is 17.9 Å². The molecule has 0 bridgehead atoms. The van der Waals surface area contributed by atoms with Crippen molar-refractivity contribution in [1.29, 1.82) is 5.41 Å². The third kappa shape index (κ3) is 4.33. The first kappa shape index (κ1) is 18.2. The molecular formula is C22H20N2O3. The smallest absolute Gasteiger partial charge is 0.356 e. The van der Waals surface area contributed by atoms with Crippen molar-refractivity contribution >= 4 is 17.4 Å². The van der Waals surface area contributed by atoms with Crippen LogP contribution < -0.4 is 10.5 Å². The summed E-state index contributed by atoms with van der Waals surface area (Å²) in [5.41, 5.74) is 9.44. The van der Waals surface area contributed by atoms with Crippen LogP contribution in [0.15, 0.2) is 72.8 Å². The van der Waals surface area contributed by atoms with Crippen LogP contribution in [0, 0.1) is 5.41 Å². The normalized spacial score (nSPS) is 10.3. The number of esters is 1. The van der Waals surface area contributed by atoms with E-state index < -0.39 is 5.97 Å². The number of carbonyl (C=O) groups is 1. The van der Waals surface area contributed by atoms with E-state index in [1.165, 1.54) is 7.11 Å². The lowest BCUT2D eigenvalue weighted by Gasteiger charge is -2.10. The van der Waals surface area contributed by atoms with E-state index in [0.717, 1.165) is 22.4 Å². The zero-order valence-corrected chi connectivity index (χ0v) is 14.9. The van der Waals surface area contributed by atoms with Crippen molar-refractivity contribution in [2.24, 2.45) is 0 Å². The molecule has 0 radical (unpaired) electrons. The molecule has 3 rings (SSSR count). The van der Waals surface area contributed by atoms with E-state index >= 15 is 0 Å². The number of carbonyl (C=O) groups excluding carboxylic acids is 1. The third-order valence-electron chi connectivity index (χ3n) is 4.15. The van der Waals surface area contributed by atoms with Crippen LogP contribution in [0.3, 0.4) is 0 Å². The van der Waals surface area contributed by atoms with Crippen molar-refractivity contribution in [2.45, 2.75) is 6.61 Å². The first-order valence-electron chi connectivity index (χ1n) is 8.42. The van der Waals surface area contributed by atoms with Crippen LogP contribution in [0.1, 0.15) is 11.1 Å². The van der Waals surface area contributed by atoms with E-state index in [-0.39, 0.29) is 5.71 Å². The van der Waals surface area contributed by atoms with Crippen molar-refractivity contribution in [3.8, 4) is 16.9 Å². The Balaban J connectivity index is 1.72. The van der Waals surface area contributed by atoms with Crippen LogP contribution in [0.25, 0.3) is 11.1 Å². The van der Waals surface area contributed by atoms with Gasteiger partial charge in [-0.1, -0.05) is 48.5 Å². The van der Waals surface area contributed by atoms with Gasteiger partial charge >= 0.3 is 5.97 Å². The number of nitrogens with one attached hydrogen (secondary N) is 1. The number of methoxy groups -OCH3 is 1. The molecular weight excluding hydrogens is 340 g/mol. The second-order valence-corrected chi connectivity index (χ2v) is 5.97. The lowest BCUT2D eigenvalue weighted by molar-refractivity contribution is -0.132. The number of nitrogen functional groups attached to an aromatic ring is 1. The molecule has 27 heavy (non-hydrogen) atoms. The molecule has 0 saturated carbocycles. The third-order valence-corrected chi connectivity index (χ3v) is 4.15. The van der Waals surface area contributed by atoms with Gasteiger partial charge in [0, 0.05) is 11.3 Å². The standard InChI is InChI=1S/C22H20N2O3/c1-26-22(25)21(24)19-12-9-17(13-20(19)23)16-7-10-18(11-8-16)27-14-15-5-3-2-4-6-15/h2-13,24H,14,23H2,1H3. The Labute approximate surface area is 157 Å². The highest BCUT2D eigenvalue weighted by molar-refractivity contribution is 6.43. The van der Waals surface area contributed by atoms with Crippen LogP contribution in [0.4, 0.5) is 5.69 Å². The van der Waals surface area contributed by atoms with Gasteiger partial charge in [0.25, 0.3) is 0 Å². The van der Waals surface area contributed by atoms with Crippen LogP contribution >= 0.6 is 0 Å². The molecule has 3 aromatic carbocycles. The maximum Gasteiger partial charge on any atom is 0.356 e. The molecule has 3 N–H and O–H groups in total. The molecule has 0 fully saturated rings. The summed E-state index contributed by atoms with van der Waals surface area (Å²) >= 11 is 0. The summed E-state index contributed by atoms with van der Waals surface area (Å²) < 4.78 is 10.4. The zero-order valence-electron chi connectivity index (χ0n) is 14.9. The fourth-order valence-electron chi connectivity index (χ4n) is 2.67. The summed E-state index contributed by atoms with van der Waals surface area (Å²) in [5, 5.41) is 7.83. The van der Waals surface area contributed by atoms with Crippen LogP contribution in [0.2, 0.25) is 0 Å². The van der Waals surface area contributed by atoms with Gasteiger partial charge in [0.15, 0.2) is 0 Å². The molecule has 5 heteroatoms. The Bertz CT molecular complexity index is 951. The molecule has 0 spiro atoms. The Hall–Kier alpha value is -3.60. The lowest BCUT2D eigenvalue weighted by Crippen LogP contribution is -2.17. The minimum atomic E-state index is -0.714. The quantitative estimate of drug-likeness (QED) is 0.394. The van der Waals surface area contributed by atoms with Crippen LogP contribution in [0.5, 0.6) is 5.75 Å². The zero-order chi connectivity index (χ0) is 19.2. The SMILES string of the molecule is COC(=O)C(=N)c1ccc(-c2ccc(OCc3ccccc3)cc2)cc1N. The van der Waals surface area contributed by atoms with E-state index in [9.17, 15) is 4.79 Å². The molecule has 0 heterocycles. The fourth-order valence-corrected chi connectivity index (χ4v) is 2.67. The maximum absolute atomic E-state index is 11.5. The number of ether oxygens (including phenoxy) is 2. The van der Waals surface area contributed by atoms with Crippen LogP contribution in [-0.4, -0.2) is 18.8 Å². The van der Waals surface area contributed by atoms with E-state index in [2.05, 4.69) is 4.74 Å². The van der Waals surface area contributed by atoms with Gasteiger partial charge in [0.1, 0.15) is 18.1 Å². The molecule has 5 nitrogen and oxygen atoms in total. The second kappa shape index (κ2) is 8.19. The highest BCUT2D eigenvalue weighted by Crippen LogP contribution is 2.26. The number of nitrogens with two attached hydrogens (primary N) is 1. The topological polar surface area (TPSA) is 85.4 Å². The Morgan fingerprint density at radius 1 is 0.963 bits per heavy atom. The van der Waals surface area contributed by atoms with Gasteiger partial charge < -0.3 is 15.2 Å². The minimum Gasteiger partial charge on any atom is -0.489 e. The first-order valence-corrected chi connectivity index (χ1v) is 8.42.